The van der Waals surface area contributed by atoms with Crippen molar-refractivity contribution in [2.45, 2.75) is 18.9 Å². The van der Waals surface area contributed by atoms with Crippen LogP contribution in [0.3, 0.4) is 0 Å². The Morgan fingerprint density at radius 2 is 1.64 bits per heavy atom. The van der Waals surface area contributed by atoms with Gasteiger partial charge in [-0.2, -0.15) is 5.26 Å². The predicted octanol–water partition coefficient (Wildman–Crippen LogP) is 3.17. The number of rotatable bonds is 5. The van der Waals surface area contributed by atoms with Crippen LogP contribution in [-0.4, -0.2) is 25.0 Å². The normalized spacial score (nSPS) is 14.2. The number of nitrogens with zero attached hydrogens (tertiary/aromatic N) is 1. The van der Waals surface area contributed by atoms with Gasteiger partial charge in [-0.1, -0.05) is 36.4 Å². The van der Waals surface area contributed by atoms with Crippen molar-refractivity contribution in [2.75, 3.05) is 7.11 Å². The molecule has 1 N–H and O–H groups in total. The largest absolute Gasteiger partial charge is 0.465 e. The van der Waals surface area contributed by atoms with Gasteiger partial charge in [-0.25, -0.2) is 4.79 Å². The third-order valence-corrected chi connectivity index (χ3v) is 4.31. The molecule has 0 aliphatic heterocycles. The van der Waals surface area contributed by atoms with Gasteiger partial charge in [-0.05, 0) is 42.0 Å². The van der Waals surface area contributed by atoms with Gasteiger partial charge >= 0.3 is 5.97 Å². The summed E-state index contributed by atoms with van der Waals surface area (Å²) >= 11 is 0. The number of hydrogen-bond donors (Lipinski definition) is 1. The van der Waals surface area contributed by atoms with Crippen molar-refractivity contribution in [2.24, 2.45) is 5.92 Å². The van der Waals surface area contributed by atoms with Gasteiger partial charge < -0.3 is 10.1 Å². The predicted molar refractivity (Wildman–Crippen MR) is 92.8 cm³/mol. The van der Waals surface area contributed by atoms with Gasteiger partial charge in [-0.15, -0.1) is 0 Å². The molecule has 1 saturated carbocycles. The Bertz CT molecular complexity index is 850. The maximum Gasteiger partial charge on any atom is 0.338 e. The first-order valence-corrected chi connectivity index (χ1v) is 8.13. The van der Waals surface area contributed by atoms with Gasteiger partial charge in [0.1, 0.15) is 6.04 Å². The zero-order chi connectivity index (χ0) is 17.8. The zero-order valence-corrected chi connectivity index (χ0v) is 13.9. The van der Waals surface area contributed by atoms with Crippen molar-refractivity contribution in [1.82, 2.24) is 5.32 Å². The lowest BCUT2D eigenvalue weighted by atomic mass is 9.94. The first kappa shape index (κ1) is 16.7. The summed E-state index contributed by atoms with van der Waals surface area (Å²) in [6.45, 7) is 0. The molecule has 0 radical (unpaired) electrons. The summed E-state index contributed by atoms with van der Waals surface area (Å²) in [5.74, 6) is -0.532. The molecule has 1 aliphatic rings. The van der Waals surface area contributed by atoms with E-state index in [0.717, 1.165) is 12.8 Å². The zero-order valence-electron chi connectivity index (χ0n) is 13.9. The molecule has 5 nitrogen and oxygen atoms in total. The molecule has 0 saturated heterocycles. The molecular formula is C20H18N2O3. The molecule has 1 amide bonds. The second-order valence-corrected chi connectivity index (χ2v) is 6.00. The fourth-order valence-electron chi connectivity index (χ4n) is 2.83. The summed E-state index contributed by atoms with van der Waals surface area (Å²) in [4.78, 5) is 24.8. The van der Waals surface area contributed by atoms with Crippen LogP contribution in [0.4, 0.5) is 0 Å². The minimum atomic E-state index is -0.476. The van der Waals surface area contributed by atoms with E-state index in [1.54, 1.807) is 42.5 Å². The fourth-order valence-corrected chi connectivity index (χ4v) is 2.83. The minimum Gasteiger partial charge on any atom is -0.465 e. The summed E-state index contributed by atoms with van der Waals surface area (Å²) < 4.78 is 4.84. The van der Waals surface area contributed by atoms with Crippen molar-refractivity contribution < 1.29 is 14.3 Å². The van der Waals surface area contributed by atoms with Crippen LogP contribution in [0.1, 0.15) is 33.6 Å². The molecule has 0 spiro atoms. The van der Waals surface area contributed by atoms with Crippen molar-refractivity contribution in [3.63, 3.8) is 0 Å². The number of nitrogens with one attached hydrogen (secondary N) is 1. The number of ether oxygens (including phenoxy) is 1. The van der Waals surface area contributed by atoms with Crippen molar-refractivity contribution in [3.05, 3.63) is 59.7 Å². The van der Waals surface area contributed by atoms with Crippen molar-refractivity contribution in [1.29, 1.82) is 5.26 Å². The maximum absolute atomic E-state index is 12.7. The number of carbonyl (C=O) groups excluding carboxylic acids is 2. The Kier molecular flexibility index (Phi) is 4.80. The number of hydrogen-bond acceptors (Lipinski definition) is 4. The molecule has 0 aromatic heterocycles. The molecule has 2 aromatic rings. The van der Waals surface area contributed by atoms with Gasteiger partial charge in [0.2, 0.25) is 0 Å². The number of methoxy groups -OCH3 is 1. The number of amides is 1. The summed E-state index contributed by atoms with van der Waals surface area (Å²) in [5, 5.41) is 12.0. The molecule has 0 bridgehead atoms. The first-order valence-electron chi connectivity index (χ1n) is 8.13. The Balaban J connectivity index is 1.98. The van der Waals surface area contributed by atoms with Crippen LogP contribution in [-0.2, 0) is 4.74 Å². The summed E-state index contributed by atoms with van der Waals surface area (Å²) in [7, 11) is 1.32. The van der Waals surface area contributed by atoms with E-state index in [4.69, 9.17) is 4.74 Å². The third-order valence-electron chi connectivity index (χ3n) is 4.31. The molecule has 3 rings (SSSR count). The maximum atomic E-state index is 12.7. The number of benzene rings is 2. The second kappa shape index (κ2) is 7.18. The van der Waals surface area contributed by atoms with Crippen LogP contribution in [0.5, 0.6) is 0 Å². The van der Waals surface area contributed by atoms with Gasteiger partial charge in [0.05, 0.1) is 18.7 Å². The van der Waals surface area contributed by atoms with E-state index in [9.17, 15) is 14.9 Å². The number of esters is 1. The van der Waals surface area contributed by atoms with Crippen LogP contribution in [0.15, 0.2) is 48.5 Å². The van der Waals surface area contributed by atoms with Crippen molar-refractivity contribution >= 4 is 11.9 Å². The lowest BCUT2D eigenvalue weighted by Crippen LogP contribution is -2.35. The molecular weight excluding hydrogens is 316 g/mol. The van der Waals surface area contributed by atoms with Crippen LogP contribution in [0.2, 0.25) is 0 Å². The van der Waals surface area contributed by atoms with E-state index < -0.39 is 12.0 Å². The Morgan fingerprint density at radius 3 is 2.20 bits per heavy atom. The van der Waals surface area contributed by atoms with Gasteiger partial charge in [0, 0.05) is 5.56 Å². The highest BCUT2D eigenvalue weighted by atomic mass is 16.5. The first-order chi connectivity index (χ1) is 12.2. The van der Waals surface area contributed by atoms with Crippen LogP contribution < -0.4 is 5.32 Å². The quantitative estimate of drug-likeness (QED) is 0.852. The highest BCUT2D eigenvalue weighted by Gasteiger charge is 2.33. The Hall–Kier alpha value is -3.13. The smallest absolute Gasteiger partial charge is 0.338 e. The van der Waals surface area contributed by atoms with Crippen LogP contribution >= 0.6 is 0 Å². The molecule has 25 heavy (non-hydrogen) atoms. The molecule has 0 heterocycles. The van der Waals surface area contributed by atoms with E-state index in [1.807, 2.05) is 6.07 Å². The summed E-state index contributed by atoms with van der Waals surface area (Å²) in [5.41, 5.74) is 2.08. The third kappa shape index (κ3) is 3.53. The van der Waals surface area contributed by atoms with Gasteiger partial charge in [0.15, 0.2) is 0 Å². The lowest BCUT2D eigenvalue weighted by Gasteiger charge is -2.15. The Labute approximate surface area is 146 Å². The molecule has 1 atom stereocenters. The molecule has 126 valence electrons. The van der Waals surface area contributed by atoms with E-state index in [0.29, 0.717) is 22.3 Å². The standard InChI is InChI=1S/C20H18N2O3/c1-25-20(24)17-9-5-3-7-15(17)14-6-2-4-8-16(14)19(23)22-18(12-21)13-10-11-13/h2-9,13,18H,10-11H2,1H3,(H,22,23)/t18-/m0/s1. The lowest BCUT2D eigenvalue weighted by molar-refractivity contribution is 0.0601. The van der Waals surface area contributed by atoms with Crippen LogP contribution in [0, 0.1) is 17.2 Å². The highest BCUT2D eigenvalue weighted by Crippen LogP contribution is 2.33. The monoisotopic (exact) mass is 334 g/mol. The second-order valence-electron chi connectivity index (χ2n) is 6.00. The Morgan fingerprint density at radius 1 is 1.08 bits per heavy atom. The molecule has 5 heteroatoms. The number of nitriles is 1. The fraction of sp³-hybridized carbons (Fsp3) is 0.250. The molecule has 2 aromatic carbocycles. The van der Waals surface area contributed by atoms with E-state index in [2.05, 4.69) is 11.4 Å². The molecule has 1 fully saturated rings. The summed E-state index contributed by atoms with van der Waals surface area (Å²) in [6.07, 6.45) is 1.93. The van der Waals surface area contributed by atoms with E-state index >= 15 is 0 Å². The summed E-state index contributed by atoms with van der Waals surface area (Å²) in [6, 6.07) is 15.7. The van der Waals surface area contributed by atoms with E-state index in [1.165, 1.54) is 7.11 Å². The van der Waals surface area contributed by atoms with Gasteiger partial charge in [-0.3, -0.25) is 4.79 Å². The highest BCUT2D eigenvalue weighted by molar-refractivity contribution is 6.05. The van der Waals surface area contributed by atoms with E-state index in [-0.39, 0.29) is 11.8 Å². The average Bonchev–Trinajstić information content (AvgIpc) is 3.50. The van der Waals surface area contributed by atoms with Crippen molar-refractivity contribution in [3.8, 4) is 17.2 Å². The minimum absolute atomic E-state index is 0.239. The molecule has 1 aliphatic carbocycles. The SMILES string of the molecule is COC(=O)c1ccccc1-c1ccccc1C(=O)N[C@@H](C#N)C1CC1. The number of carbonyl (C=O) groups is 2. The van der Waals surface area contributed by atoms with Crippen LogP contribution in [0.25, 0.3) is 11.1 Å². The molecule has 0 unspecified atom stereocenters. The average molecular weight is 334 g/mol. The van der Waals surface area contributed by atoms with Gasteiger partial charge in [0.25, 0.3) is 5.91 Å². The topological polar surface area (TPSA) is 79.2 Å².